The number of piperidine rings is 1. The van der Waals surface area contributed by atoms with Crippen LogP contribution in [-0.2, 0) is 20.9 Å². The van der Waals surface area contributed by atoms with Crippen LogP contribution in [0, 0.1) is 5.92 Å². The van der Waals surface area contributed by atoms with Gasteiger partial charge in [-0.25, -0.2) is 0 Å². The summed E-state index contributed by atoms with van der Waals surface area (Å²) in [6.07, 6.45) is 1.29. The third kappa shape index (κ3) is 4.32. The molecule has 1 aromatic rings. The summed E-state index contributed by atoms with van der Waals surface area (Å²) in [4.78, 5) is 24.7. The molecule has 108 valence electrons. The van der Waals surface area contributed by atoms with Gasteiger partial charge in [0.25, 0.3) is 0 Å². The zero-order valence-corrected chi connectivity index (χ0v) is 12.0. The highest BCUT2D eigenvalue weighted by atomic mass is 35.5. The molecule has 20 heavy (non-hydrogen) atoms. The van der Waals surface area contributed by atoms with Crippen LogP contribution >= 0.6 is 11.6 Å². The summed E-state index contributed by atoms with van der Waals surface area (Å²) < 4.78 is 5.42. The van der Waals surface area contributed by atoms with Gasteiger partial charge in [-0.3, -0.25) is 9.59 Å². The summed E-state index contributed by atoms with van der Waals surface area (Å²) in [5.41, 5.74) is 1.05. The monoisotopic (exact) mass is 295 g/mol. The van der Waals surface area contributed by atoms with E-state index in [2.05, 4.69) is 0 Å². The number of likely N-dealkylation sites (tertiary alicyclic amines) is 1. The van der Waals surface area contributed by atoms with E-state index < -0.39 is 0 Å². The molecule has 2 rings (SSSR count). The molecule has 1 amide bonds. The van der Waals surface area contributed by atoms with Gasteiger partial charge in [0.15, 0.2) is 0 Å². The van der Waals surface area contributed by atoms with E-state index >= 15 is 0 Å². The molecule has 5 heteroatoms. The van der Waals surface area contributed by atoms with E-state index in [0.29, 0.717) is 32.5 Å². The first kappa shape index (κ1) is 15.0. The molecule has 1 aliphatic heterocycles. The fraction of sp³-hybridized carbons (Fsp3) is 0.467. The molecule has 0 aromatic heterocycles. The van der Waals surface area contributed by atoms with Gasteiger partial charge in [0.05, 0.1) is 6.61 Å². The third-order valence-corrected chi connectivity index (χ3v) is 3.81. The van der Waals surface area contributed by atoms with Gasteiger partial charge >= 0.3 is 0 Å². The lowest BCUT2D eigenvalue weighted by molar-refractivity contribution is -0.138. The van der Waals surface area contributed by atoms with Gasteiger partial charge < -0.3 is 9.64 Å². The number of carbonyl (C=O) groups is 2. The molecular formula is C15H18ClNO3. The van der Waals surface area contributed by atoms with Crippen LogP contribution in [0.3, 0.4) is 0 Å². The number of ether oxygens (including phenoxy) is 1. The van der Waals surface area contributed by atoms with Gasteiger partial charge in [0.1, 0.15) is 6.61 Å². The number of hydrogen-bond donors (Lipinski definition) is 0. The molecule has 0 bridgehead atoms. The summed E-state index contributed by atoms with van der Waals surface area (Å²) in [5, 5.41) is -0.294. The predicted molar refractivity (Wildman–Crippen MR) is 76.3 cm³/mol. The number of hydrogen-bond acceptors (Lipinski definition) is 3. The van der Waals surface area contributed by atoms with Crippen molar-refractivity contribution in [3.05, 3.63) is 35.9 Å². The van der Waals surface area contributed by atoms with E-state index in [0.717, 1.165) is 5.56 Å². The SMILES string of the molecule is O=C(Cl)C1CCN(C(=O)COCc2ccccc2)CC1. The minimum absolute atomic E-state index is 0.0265. The van der Waals surface area contributed by atoms with Gasteiger partial charge in [-0.1, -0.05) is 30.3 Å². The molecule has 1 aliphatic rings. The highest BCUT2D eigenvalue weighted by Gasteiger charge is 2.26. The predicted octanol–water partition coefficient (Wildman–Crippen LogP) is 2.21. The minimum Gasteiger partial charge on any atom is -0.367 e. The Balaban J connectivity index is 1.69. The maximum Gasteiger partial charge on any atom is 0.248 e. The van der Waals surface area contributed by atoms with Gasteiger partial charge in [0, 0.05) is 19.0 Å². The normalized spacial score (nSPS) is 16.1. The van der Waals surface area contributed by atoms with Crippen molar-refractivity contribution in [2.24, 2.45) is 5.92 Å². The average Bonchev–Trinajstić information content (AvgIpc) is 2.48. The van der Waals surface area contributed by atoms with Gasteiger partial charge in [-0.05, 0) is 30.0 Å². The Bertz CT molecular complexity index is 455. The van der Waals surface area contributed by atoms with Crippen LogP contribution in [0.15, 0.2) is 30.3 Å². The van der Waals surface area contributed by atoms with E-state index in [1.165, 1.54) is 0 Å². The summed E-state index contributed by atoms with van der Waals surface area (Å²) in [6, 6.07) is 9.74. The molecular weight excluding hydrogens is 278 g/mol. The van der Waals surface area contributed by atoms with Crippen molar-refractivity contribution in [2.75, 3.05) is 19.7 Å². The largest absolute Gasteiger partial charge is 0.367 e. The van der Waals surface area contributed by atoms with Crippen molar-refractivity contribution in [3.63, 3.8) is 0 Å². The van der Waals surface area contributed by atoms with Crippen molar-refractivity contribution in [1.82, 2.24) is 4.90 Å². The smallest absolute Gasteiger partial charge is 0.248 e. The molecule has 0 spiro atoms. The highest BCUT2D eigenvalue weighted by Crippen LogP contribution is 2.19. The maximum atomic E-state index is 11.9. The van der Waals surface area contributed by atoms with Crippen LogP contribution in [0.5, 0.6) is 0 Å². The highest BCUT2D eigenvalue weighted by molar-refractivity contribution is 6.63. The quantitative estimate of drug-likeness (QED) is 0.783. The molecule has 0 N–H and O–H groups in total. The van der Waals surface area contributed by atoms with Crippen LogP contribution in [-0.4, -0.2) is 35.7 Å². The van der Waals surface area contributed by atoms with E-state index in [9.17, 15) is 9.59 Å². The number of rotatable bonds is 5. The lowest BCUT2D eigenvalue weighted by Crippen LogP contribution is -2.41. The number of carbonyl (C=O) groups excluding carboxylic acids is 2. The van der Waals surface area contributed by atoms with E-state index in [1.54, 1.807) is 4.90 Å². The van der Waals surface area contributed by atoms with Crippen LogP contribution in [0.1, 0.15) is 18.4 Å². The summed E-state index contributed by atoms with van der Waals surface area (Å²) in [5.74, 6) is -0.132. The zero-order valence-electron chi connectivity index (χ0n) is 11.3. The summed E-state index contributed by atoms with van der Waals surface area (Å²) in [6.45, 7) is 1.67. The number of nitrogens with zero attached hydrogens (tertiary/aromatic N) is 1. The van der Waals surface area contributed by atoms with E-state index in [1.807, 2.05) is 30.3 Å². The average molecular weight is 296 g/mol. The molecule has 1 aromatic carbocycles. The van der Waals surface area contributed by atoms with Crippen molar-refractivity contribution in [2.45, 2.75) is 19.4 Å². The Morgan fingerprint density at radius 2 is 1.85 bits per heavy atom. The fourth-order valence-electron chi connectivity index (χ4n) is 2.28. The Morgan fingerprint density at radius 1 is 1.20 bits per heavy atom. The molecule has 0 unspecified atom stereocenters. The van der Waals surface area contributed by atoms with Crippen LogP contribution < -0.4 is 0 Å². The first-order chi connectivity index (χ1) is 9.66. The van der Waals surface area contributed by atoms with Gasteiger partial charge in [-0.2, -0.15) is 0 Å². The first-order valence-corrected chi connectivity index (χ1v) is 7.13. The molecule has 1 heterocycles. The molecule has 0 atom stereocenters. The molecule has 1 saturated heterocycles. The lowest BCUT2D eigenvalue weighted by atomic mass is 9.98. The van der Waals surface area contributed by atoms with Gasteiger partial charge in [0.2, 0.25) is 11.1 Å². The second-order valence-corrected chi connectivity index (χ2v) is 5.31. The Morgan fingerprint density at radius 3 is 2.45 bits per heavy atom. The zero-order chi connectivity index (χ0) is 14.4. The van der Waals surface area contributed by atoms with E-state index in [4.69, 9.17) is 16.3 Å². The van der Waals surface area contributed by atoms with Gasteiger partial charge in [-0.15, -0.1) is 0 Å². The number of amides is 1. The van der Waals surface area contributed by atoms with Crippen molar-refractivity contribution < 1.29 is 14.3 Å². The minimum atomic E-state index is -0.294. The molecule has 0 radical (unpaired) electrons. The van der Waals surface area contributed by atoms with Crippen molar-refractivity contribution >= 4 is 22.8 Å². The van der Waals surface area contributed by atoms with E-state index in [-0.39, 0.29) is 23.7 Å². The Labute approximate surface area is 123 Å². The lowest BCUT2D eigenvalue weighted by Gasteiger charge is -2.30. The molecule has 0 aliphatic carbocycles. The molecule has 0 saturated carbocycles. The Kier molecular flexibility index (Phi) is 5.56. The third-order valence-electron chi connectivity index (χ3n) is 3.51. The van der Waals surface area contributed by atoms with Crippen molar-refractivity contribution in [1.29, 1.82) is 0 Å². The van der Waals surface area contributed by atoms with Crippen LogP contribution in [0.4, 0.5) is 0 Å². The summed E-state index contributed by atoms with van der Waals surface area (Å²) in [7, 11) is 0. The molecule has 4 nitrogen and oxygen atoms in total. The number of halogens is 1. The van der Waals surface area contributed by atoms with Crippen LogP contribution in [0.2, 0.25) is 0 Å². The second kappa shape index (κ2) is 7.41. The molecule has 1 fully saturated rings. The Hall–Kier alpha value is -1.39. The second-order valence-electron chi connectivity index (χ2n) is 4.94. The topological polar surface area (TPSA) is 46.6 Å². The number of benzene rings is 1. The maximum absolute atomic E-state index is 11.9. The summed E-state index contributed by atoms with van der Waals surface area (Å²) >= 11 is 5.47. The first-order valence-electron chi connectivity index (χ1n) is 6.75. The van der Waals surface area contributed by atoms with Crippen molar-refractivity contribution in [3.8, 4) is 0 Å². The fourth-order valence-corrected chi connectivity index (χ4v) is 2.50. The standard InChI is InChI=1S/C15H18ClNO3/c16-15(19)13-6-8-17(9-7-13)14(18)11-20-10-12-4-2-1-3-5-12/h1-5,13H,6-11H2. The van der Waals surface area contributed by atoms with Crippen LogP contribution in [0.25, 0.3) is 0 Å².